The largest absolute Gasteiger partial charge is 0.397 e. The van der Waals surface area contributed by atoms with Crippen LogP contribution in [0.4, 0.5) is 17.1 Å². The van der Waals surface area contributed by atoms with Crippen molar-refractivity contribution >= 4 is 40.5 Å². The first-order valence-corrected chi connectivity index (χ1v) is 12.7. The molecule has 180 valence electrons. The summed E-state index contributed by atoms with van der Waals surface area (Å²) in [5.74, 6) is -0.190. The van der Waals surface area contributed by atoms with Crippen LogP contribution >= 0.6 is 11.3 Å². The van der Waals surface area contributed by atoms with Crippen LogP contribution in [-0.4, -0.2) is 25.2 Å². The van der Waals surface area contributed by atoms with Crippen LogP contribution < -0.4 is 16.0 Å². The van der Waals surface area contributed by atoms with Gasteiger partial charge in [-0.1, -0.05) is 56.1 Å². The highest BCUT2D eigenvalue weighted by atomic mass is 32.1. The molecule has 1 amide bonds. The molecule has 3 N–H and O–H groups in total. The Morgan fingerprint density at radius 2 is 1.74 bits per heavy atom. The lowest BCUT2D eigenvalue weighted by Gasteiger charge is -2.24. The molecule has 3 rings (SSSR count). The summed E-state index contributed by atoms with van der Waals surface area (Å²) in [4.78, 5) is 21.9. The second-order valence-electron chi connectivity index (χ2n) is 8.10. The van der Waals surface area contributed by atoms with Gasteiger partial charge in [-0.05, 0) is 54.8 Å². The topological polar surface area (TPSA) is 80.0 Å². The average molecular weight is 479 g/mol. The standard InChI is InChI=1S/C27H34N4O2S/c1-3-5-17-31(18-6-4-2)22-13-11-21(12-14-22)19-29-33-20-23-15-16-26(34-23)27(32)30-25-10-8-7-9-24(25)28/h7-16,19H,3-6,17-18,20,28H2,1-2H3,(H,30,32). The van der Waals surface area contributed by atoms with E-state index < -0.39 is 0 Å². The van der Waals surface area contributed by atoms with Crippen LogP contribution in [-0.2, 0) is 11.4 Å². The van der Waals surface area contributed by atoms with E-state index in [1.165, 1.54) is 42.7 Å². The number of hydrogen-bond donors (Lipinski definition) is 2. The molecule has 0 unspecified atom stereocenters. The van der Waals surface area contributed by atoms with E-state index in [0.717, 1.165) is 23.5 Å². The summed E-state index contributed by atoms with van der Waals surface area (Å²) in [7, 11) is 0. The van der Waals surface area contributed by atoms with E-state index in [0.29, 0.717) is 22.9 Å². The molecule has 0 spiro atoms. The number of nitrogen functional groups attached to an aromatic ring is 1. The van der Waals surface area contributed by atoms with Gasteiger partial charge in [-0.25, -0.2) is 0 Å². The lowest BCUT2D eigenvalue weighted by molar-refractivity contribution is 0.103. The zero-order valence-electron chi connectivity index (χ0n) is 20.0. The van der Waals surface area contributed by atoms with E-state index in [1.54, 1.807) is 24.4 Å². The number of rotatable bonds is 13. The number of nitrogens with one attached hydrogen (secondary N) is 1. The molecule has 0 fully saturated rings. The molecular weight excluding hydrogens is 444 g/mol. The smallest absolute Gasteiger partial charge is 0.265 e. The summed E-state index contributed by atoms with van der Waals surface area (Å²) in [6, 6.07) is 19.3. The highest BCUT2D eigenvalue weighted by Crippen LogP contribution is 2.22. The number of amides is 1. The zero-order valence-corrected chi connectivity index (χ0v) is 20.8. The minimum absolute atomic E-state index is 0.190. The van der Waals surface area contributed by atoms with Crippen molar-refractivity contribution in [3.63, 3.8) is 0 Å². The Balaban J connectivity index is 1.49. The van der Waals surface area contributed by atoms with Crippen LogP contribution in [0.15, 0.2) is 65.8 Å². The fraction of sp³-hybridized carbons (Fsp3) is 0.333. The van der Waals surface area contributed by atoms with Gasteiger partial charge in [0.1, 0.15) is 0 Å². The van der Waals surface area contributed by atoms with Crippen molar-refractivity contribution in [3.8, 4) is 0 Å². The summed E-state index contributed by atoms with van der Waals surface area (Å²) in [5.41, 5.74) is 9.27. The van der Waals surface area contributed by atoms with Gasteiger partial charge in [0.2, 0.25) is 0 Å². The summed E-state index contributed by atoms with van der Waals surface area (Å²) in [5, 5.41) is 6.93. The van der Waals surface area contributed by atoms with Gasteiger partial charge in [-0.2, -0.15) is 0 Å². The maximum atomic E-state index is 12.5. The van der Waals surface area contributed by atoms with Crippen LogP contribution in [0, 0.1) is 0 Å². The molecule has 34 heavy (non-hydrogen) atoms. The summed E-state index contributed by atoms with van der Waals surface area (Å²) < 4.78 is 0. The number of benzene rings is 2. The van der Waals surface area contributed by atoms with Crippen LogP contribution in [0.5, 0.6) is 0 Å². The highest BCUT2D eigenvalue weighted by Gasteiger charge is 2.11. The van der Waals surface area contributed by atoms with Gasteiger partial charge >= 0.3 is 0 Å². The number of para-hydroxylation sites is 2. The minimum Gasteiger partial charge on any atom is -0.397 e. The molecule has 0 aliphatic rings. The molecule has 0 radical (unpaired) electrons. The number of nitrogens with two attached hydrogens (primary N) is 1. The monoisotopic (exact) mass is 478 g/mol. The predicted octanol–water partition coefficient (Wildman–Crippen LogP) is 6.54. The van der Waals surface area contributed by atoms with Crippen LogP contribution in [0.3, 0.4) is 0 Å². The Kier molecular flexibility index (Phi) is 9.98. The second-order valence-corrected chi connectivity index (χ2v) is 9.27. The quantitative estimate of drug-likeness (QED) is 0.166. The minimum atomic E-state index is -0.190. The fourth-order valence-corrected chi connectivity index (χ4v) is 4.22. The molecule has 3 aromatic rings. The van der Waals surface area contributed by atoms with Crippen molar-refractivity contribution in [3.05, 3.63) is 76.0 Å². The third-order valence-corrected chi connectivity index (χ3v) is 6.46. The van der Waals surface area contributed by atoms with Gasteiger partial charge in [0.05, 0.1) is 22.5 Å². The zero-order chi connectivity index (χ0) is 24.2. The number of oxime groups is 1. The van der Waals surface area contributed by atoms with Gasteiger partial charge in [0, 0.05) is 23.7 Å². The number of thiophene rings is 1. The summed E-state index contributed by atoms with van der Waals surface area (Å²) >= 11 is 1.37. The third kappa shape index (κ3) is 7.63. The Bertz CT molecular complexity index is 1050. The lowest BCUT2D eigenvalue weighted by Crippen LogP contribution is -2.25. The molecular formula is C27H34N4O2S. The average Bonchev–Trinajstić information content (AvgIpc) is 3.33. The van der Waals surface area contributed by atoms with Crippen LogP contribution in [0.2, 0.25) is 0 Å². The summed E-state index contributed by atoms with van der Waals surface area (Å²) in [6.45, 7) is 6.94. The van der Waals surface area contributed by atoms with E-state index in [9.17, 15) is 4.79 Å². The fourth-order valence-electron chi connectivity index (χ4n) is 3.41. The molecule has 1 aromatic heterocycles. The number of anilines is 3. The van der Waals surface area contributed by atoms with E-state index in [2.05, 4.69) is 53.5 Å². The van der Waals surface area contributed by atoms with E-state index >= 15 is 0 Å². The van der Waals surface area contributed by atoms with Crippen molar-refractivity contribution in [1.82, 2.24) is 0 Å². The van der Waals surface area contributed by atoms with Crippen molar-refractivity contribution in [1.29, 1.82) is 0 Å². The third-order valence-electron chi connectivity index (χ3n) is 5.40. The Labute approximate surface area is 206 Å². The molecule has 0 bridgehead atoms. The van der Waals surface area contributed by atoms with Crippen molar-refractivity contribution in [2.45, 2.75) is 46.1 Å². The Hall–Kier alpha value is -3.32. The van der Waals surface area contributed by atoms with Gasteiger partial charge < -0.3 is 20.8 Å². The molecule has 7 heteroatoms. The molecule has 0 aliphatic carbocycles. The molecule has 0 saturated heterocycles. The van der Waals surface area contributed by atoms with Crippen molar-refractivity contribution in [2.75, 3.05) is 29.0 Å². The molecule has 0 aliphatic heterocycles. The van der Waals surface area contributed by atoms with E-state index in [4.69, 9.17) is 10.6 Å². The van der Waals surface area contributed by atoms with E-state index in [-0.39, 0.29) is 5.91 Å². The Morgan fingerprint density at radius 1 is 1.03 bits per heavy atom. The normalized spacial score (nSPS) is 11.0. The first kappa shape index (κ1) is 25.3. The SMILES string of the molecule is CCCCN(CCCC)c1ccc(C=NOCc2ccc(C(=O)Nc3ccccc3N)s2)cc1. The second kappa shape index (κ2) is 13.4. The van der Waals surface area contributed by atoms with Crippen molar-refractivity contribution < 1.29 is 9.63 Å². The number of carbonyl (C=O) groups is 1. The maximum Gasteiger partial charge on any atom is 0.265 e. The van der Waals surface area contributed by atoms with Crippen LogP contribution in [0.1, 0.15) is 59.6 Å². The van der Waals surface area contributed by atoms with Gasteiger partial charge in [-0.3, -0.25) is 4.79 Å². The first-order valence-electron chi connectivity index (χ1n) is 11.9. The van der Waals surface area contributed by atoms with Gasteiger partial charge in [0.15, 0.2) is 6.61 Å². The number of unbranched alkanes of at least 4 members (excludes halogenated alkanes) is 2. The molecule has 0 atom stereocenters. The van der Waals surface area contributed by atoms with Crippen molar-refractivity contribution in [2.24, 2.45) is 5.16 Å². The van der Waals surface area contributed by atoms with Gasteiger partial charge in [0.25, 0.3) is 5.91 Å². The number of hydrogen-bond acceptors (Lipinski definition) is 6. The van der Waals surface area contributed by atoms with Crippen LogP contribution in [0.25, 0.3) is 0 Å². The van der Waals surface area contributed by atoms with E-state index in [1.807, 2.05) is 18.2 Å². The number of carbonyl (C=O) groups excluding carboxylic acids is 1. The highest BCUT2D eigenvalue weighted by molar-refractivity contribution is 7.14. The Morgan fingerprint density at radius 3 is 2.41 bits per heavy atom. The molecule has 6 nitrogen and oxygen atoms in total. The maximum absolute atomic E-state index is 12.5. The van der Waals surface area contributed by atoms with Gasteiger partial charge in [-0.15, -0.1) is 11.3 Å². The molecule has 2 aromatic carbocycles. The molecule has 1 heterocycles. The predicted molar refractivity (Wildman–Crippen MR) is 144 cm³/mol. The first-order chi connectivity index (χ1) is 16.6. The summed E-state index contributed by atoms with van der Waals surface area (Å²) in [6.07, 6.45) is 6.51. The lowest BCUT2D eigenvalue weighted by atomic mass is 10.2. The number of nitrogens with zero attached hydrogens (tertiary/aromatic N) is 2. The molecule has 0 saturated carbocycles.